The lowest BCUT2D eigenvalue weighted by atomic mass is 10.1. The van der Waals surface area contributed by atoms with Crippen LogP contribution in [-0.4, -0.2) is 0 Å². The molecule has 3 aromatic carbocycles. The Morgan fingerprint density at radius 2 is 1.30 bits per heavy atom. The molecule has 0 heterocycles. The number of ether oxygens (including phenoxy) is 2. The number of benzene rings is 3. The molecule has 0 amide bonds. The van der Waals surface area contributed by atoms with Crippen molar-refractivity contribution in [2.75, 3.05) is 0 Å². The van der Waals surface area contributed by atoms with Crippen LogP contribution in [0.3, 0.4) is 0 Å². The molecule has 0 atom stereocenters. The van der Waals surface area contributed by atoms with Crippen LogP contribution in [0.5, 0.6) is 17.2 Å². The van der Waals surface area contributed by atoms with E-state index in [4.69, 9.17) is 4.74 Å². The summed E-state index contributed by atoms with van der Waals surface area (Å²) >= 11 is 0. The summed E-state index contributed by atoms with van der Waals surface area (Å²) in [7, 11) is 0. The quantitative estimate of drug-likeness (QED) is 0.268. The molecule has 175 valence electrons. The lowest BCUT2D eigenvalue weighted by Gasteiger charge is -2.20. The van der Waals surface area contributed by atoms with E-state index in [2.05, 4.69) is 24.7 Å². The first-order valence-electron chi connectivity index (χ1n) is 11.2. The van der Waals surface area contributed by atoms with Gasteiger partial charge < -0.3 is 9.47 Å². The third kappa shape index (κ3) is 6.50. The molecule has 1 radical (unpaired) electrons. The zero-order chi connectivity index (χ0) is 23.8. The van der Waals surface area contributed by atoms with Crippen LogP contribution < -0.4 is 9.47 Å². The fourth-order valence-corrected chi connectivity index (χ4v) is 3.35. The van der Waals surface area contributed by atoms with Gasteiger partial charge in [-0.25, -0.2) is 8.78 Å². The molecule has 6 heteroatoms. The van der Waals surface area contributed by atoms with E-state index in [1.807, 2.05) is 12.1 Å². The molecule has 0 unspecified atom stereocenters. The van der Waals surface area contributed by atoms with Crippen molar-refractivity contribution in [3.63, 3.8) is 0 Å². The van der Waals surface area contributed by atoms with Gasteiger partial charge in [-0.3, -0.25) is 0 Å². The molecule has 0 spiro atoms. The second kappa shape index (κ2) is 11.2. The lowest BCUT2D eigenvalue weighted by Crippen LogP contribution is -2.25. The van der Waals surface area contributed by atoms with Crippen molar-refractivity contribution in [1.82, 2.24) is 0 Å². The van der Waals surface area contributed by atoms with Gasteiger partial charge in [-0.2, -0.15) is 8.78 Å². The smallest absolute Gasteiger partial charge is 0.432 e. The first-order valence-corrected chi connectivity index (χ1v) is 11.2. The number of hydrogen-bond acceptors (Lipinski definition) is 2. The average molecular weight is 460 g/mol. The van der Waals surface area contributed by atoms with Gasteiger partial charge in [-0.05, 0) is 67.1 Å². The standard InChI is InChI=1S/C27H27F4O2/c1-3-5-7-19-9-13-21(14-10-19)32-24-18-17-23(28)25(26(24)29)27(30,31)33-22-15-11-20(12-16-22)8-6-4-2/h9-17H,3-8H2,1-2H3. The minimum atomic E-state index is -4.25. The molecular weight excluding hydrogens is 432 g/mol. The van der Waals surface area contributed by atoms with Crippen molar-refractivity contribution < 1.29 is 27.0 Å². The Balaban J connectivity index is 1.79. The van der Waals surface area contributed by atoms with E-state index in [-0.39, 0.29) is 11.5 Å². The highest BCUT2D eigenvalue weighted by molar-refractivity contribution is 5.38. The molecule has 3 aromatic rings. The largest absolute Gasteiger partial charge is 0.454 e. The second-order valence-corrected chi connectivity index (χ2v) is 7.87. The summed E-state index contributed by atoms with van der Waals surface area (Å²) in [6, 6.07) is 15.7. The van der Waals surface area contributed by atoms with Crippen LogP contribution in [0, 0.1) is 17.7 Å². The first kappa shape index (κ1) is 24.6. The van der Waals surface area contributed by atoms with Crippen molar-refractivity contribution >= 4 is 0 Å². The highest BCUT2D eigenvalue weighted by Crippen LogP contribution is 2.38. The molecule has 3 rings (SSSR count). The van der Waals surface area contributed by atoms with Crippen LogP contribution >= 0.6 is 0 Å². The molecule has 0 aliphatic rings. The maximum absolute atomic E-state index is 14.9. The molecule has 0 aliphatic heterocycles. The van der Waals surface area contributed by atoms with Gasteiger partial charge in [-0.15, -0.1) is 0 Å². The summed E-state index contributed by atoms with van der Waals surface area (Å²) < 4.78 is 68.8. The van der Waals surface area contributed by atoms with Gasteiger partial charge >= 0.3 is 6.11 Å². The van der Waals surface area contributed by atoms with Crippen molar-refractivity contribution in [1.29, 1.82) is 0 Å². The predicted octanol–water partition coefficient (Wildman–Crippen LogP) is 8.37. The fourth-order valence-electron chi connectivity index (χ4n) is 3.35. The highest BCUT2D eigenvalue weighted by atomic mass is 19.3. The Bertz CT molecular complexity index is 1030. The number of aryl methyl sites for hydroxylation is 2. The van der Waals surface area contributed by atoms with Crippen molar-refractivity contribution in [3.8, 4) is 17.2 Å². The zero-order valence-corrected chi connectivity index (χ0v) is 18.8. The first-order chi connectivity index (χ1) is 15.8. The van der Waals surface area contributed by atoms with E-state index in [1.165, 1.54) is 12.1 Å². The second-order valence-electron chi connectivity index (χ2n) is 7.87. The zero-order valence-electron chi connectivity index (χ0n) is 18.8. The average Bonchev–Trinajstić information content (AvgIpc) is 2.79. The SMILES string of the molecule is CCCCc1ccc(Oc2[c]cc(F)c(C(F)(F)Oc3ccc(CCCC)cc3)c2F)cc1. The van der Waals surface area contributed by atoms with Gasteiger partial charge in [0.05, 0.1) is 0 Å². The Labute approximate surface area is 192 Å². The summed E-state index contributed by atoms with van der Waals surface area (Å²) in [6.45, 7) is 4.14. The molecule has 0 aromatic heterocycles. The van der Waals surface area contributed by atoms with E-state index in [1.54, 1.807) is 24.3 Å². The Hall–Kier alpha value is -3.02. The molecule has 0 fully saturated rings. The van der Waals surface area contributed by atoms with Crippen LogP contribution in [0.25, 0.3) is 0 Å². The van der Waals surface area contributed by atoms with Crippen molar-refractivity contribution in [2.24, 2.45) is 0 Å². The van der Waals surface area contributed by atoms with Crippen molar-refractivity contribution in [2.45, 2.75) is 58.5 Å². The monoisotopic (exact) mass is 459 g/mol. The molecule has 0 saturated heterocycles. The van der Waals surface area contributed by atoms with Gasteiger partial charge in [0.2, 0.25) is 0 Å². The Morgan fingerprint density at radius 1 is 0.788 bits per heavy atom. The van der Waals surface area contributed by atoms with E-state index in [0.29, 0.717) is 6.07 Å². The number of halogens is 4. The third-order valence-corrected chi connectivity index (χ3v) is 5.23. The van der Waals surface area contributed by atoms with Gasteiger partial charge in [0.25, 0.3) is 0 Å². The van der Waals surface area contributed by atoms with E-state index in [0.717, 1.165) is 49.7 Å². The molecule has 0 aliphatic carbocycles. The predicted molar refractivity (Wildman–Crippen MR) is 120 cm³/mol. The topological polar surface area (TPSA) is 18.5 Å². The maximum Gasteiger partial charge on any atom is 0.432 e. The summed E-state index contributed by atoms with van der Waals surface area (Å²) in [5.41, 5.74) is 0.524. The molecule has 0 bridgehead atoms. The summed E-state index contributed by atoms with van der Waals surface area (Å²) in [4.78, 5) is 0. The lowest BCUT2D eigenvalue weighted by molar-refractivity contribution is -0.189. The Morgan fingerprint density at radius 3 is 1.82 bits per heavy atom. The van der Waals surface area contributed by atoms with E-state index < -0.39 is 29.1 Å². The summed E-state index contributed by atoms with van der Waals surface area (Å²) in [6.07, 6.45) is 1.50. The van der Waals surface area contributed by atoms with Gasteiger partial charge in [0.15, 0.2) is 11.6 Å². The normalized spacial score (nSPS) is 11.5. The van der Waals surface area contributed by atoms with E-state index in [9.17, 15) is 17.6 Å². The number of unbranched alkanes of at least 4 members (excludes halogenated alkanes) is 2. The maximum atomic E-state index is 14.9. The van der Waals surface area contributed by atoms with Crippen LogP contribution in [-0.2, 0) is 19.0 Å². The molecule has 0 saturated carbocycles. The van der Waals surface area contributed by atoms with Gasteiger partial charge in [0, 0.05) is 6.07 Å². The Kier molecular flexibility index (Phi) is 8.37. The molecular formula is C27H27F4O2. The number of hydrogen-bond donors (Lipinski definition) is 0. The fraction of sp³-hybridized carbons (Fsp3) is 0.333. The third-order valence-electron chi connectivity index (χ3n) is 5.23. The molecule has 0 N–H and O–H groups in total. The van der Waals surface area contributed by atoms with Crippen LogP contribution in [0.1, 0.15) is 56.2 Å². The highest BCUT2D eigenvalue weighted by Gasteiger charge is 2.42. The van der Waals surface area contributed by atoms with Crippen LogP contribution in [0.4, 0.5) is 17.6 Å². The minimum Gasteiger partial charge on any atom is -0.454 e. The van der Waals surface area contributed by atoms with Gasteiger partial charge in [0.1, 0.15) is 22.9 Å². The minimum absolute atomic E-state index is 0.197. The number of alkyl halides is 2. The molecule has 2 nitrogen and oxygen atoms in total. The molecule has 33 heavy (non-hydrogen) atoms. The van der Waals surface area contributed by atoms with E-state index >= 15 is 0 Å². The van der Waals surface area contributed by atoms with Crippen LogP contribution in [0.15, 0.2) is 54.6 Å². The number of rotatable bonds is 11. The van der Waals surface area contributed by atoms with Gasteiger partial charge in [-0.1, -0.05) is 51.0 Å². The van der Waals surface area contributed by atoms with Crippen LogP contribution in [0.2, 0.25) is 0 Å². The van der Waals surface area contributed by atoms with Crippen molar-refractivity contribution in [3.05, 3.63) is 89.0 Å². The summed E-state index contributed by atoms with van der Waals surface area (Å²) in [5.74, 6) is -3.63. The summed E-state index contributed by atoms with van der Waals surface area (Å²) in [5, 5.41) is 0.